The van der Waals surface area contributed by atoms with Gasteiger partial charge in [0.2, 0.25) is 0 Å². The van der Waals surface area contributed by atoms with Crippen molar-refractivity contribution in [3.8, 4) is 0 Å². The molecule has 0 bridgehead atoms. The molecule has 0 aromatic rings. The molecule has 0 aliphatic carbocycles. The first-order valence-corrected chi connectivity index (χ1v) is 7.71. The van der Waals surface area contributed by atoms with Gasteiger partial charge in [0.1, 0.15) is 0 Å². The van der Waals surface area contributed by atoms with E-state index in [4.69, 9.17) is 4.74 Å². The highest BCUT2D eigenvalue weighted by Gasteiger charge is 2.11. The van der Waals surface area contributed by atoms with Crippen molar-refractivity contribution in [3.05, 3.63) is 0 Å². The van der Waals surface area contributed by atoms with Crippen LogP contribution < -0.4 is 0 Å². The maximum absolute atomic E-state index is 11.4. The Hall–Kier alpha value is 0.150. The highest BCUT2D eigenvalue weighted by molar-refractivity contribution is 7.62. The molecule has 13 heavy (non-hydrogen) atoms. The van der Waals surface area contributed by atoms with Gasteiger partial charge < -0.3 is 9.30 Å². The highest BCUT2D eigenvalue weighted by atomic mass is 31.2. The van der Waals surface area contributed by atoms with Crippen LogP contribution in [0.3, 0.4) is 0 Å². The van der Waals surface area contributed by atoms with E-state index < -0.39 is 7.14 Å². The van der Waals surface area contributed by atoms with Gasteiger partial charge in [0.15, 0.2) is 0 Å². The zero-order chi connectivity index (χ0) is 9.73. The summed E-state index contributed by atoms with van der Waals surface area (Å²) in [6.07, 6.45) is 1.94. The molecular formula is C9H20NO2P. The van der Waals surface area contributed by atoms with Crippen LogP contribution in [0.4, 0.5) is 0 Å². The fourth-order valence-corrected chi connectivity index (χ4v) is 2.40. The first-order valence-electron chi connectivity index (χ1n) is 4.92. The molecule has 1 saturated heterocycles. The molecule has 3 nitrogen and oxygen atoms in total. The van der Waals surface area contributed by atoms with Gasteiger partial charge in [0.25, 0.3) is 0 Å². The Bertz CT molecular complexity index is 184. The van der Waals surface area contributed by atoms with Gasteiger partial charge in [0, 0.05) is 19.3 Å². The van der Waals surface area contributed by atoms with E-state index in [1.54, 1.807) is 0 Å². The van der Waals surface area contributed by atoms with Crippen molar-refractivity contribution in [3.63, 3.8) is 0 Å². The summed E-state index contributed by atoms with van der Waals surface area (Å²) in [6, 6.07) is 0. The molecule has 0 spiro atoms. The summed E-state index contributed by atoms with van der Waals surface area (Å²) in [5, 5.41) is 0. The number of ether oxygens (including phenoxy) is 1. The minimum Gasteiger partial charge on any atom is -0.379 e. The van der Waals surface area contributed by atoms with Gasteiger partial charge in [-0.2, -0.15) is 0 Å². The van der Waals surface area contributed by atoms with Crippen LogP contribution in [-0.4, -0.2) is 57.2 Å². The Morgan fingerprint density at radius 2 is 1.92 bits per heavy atom. The standard InChI is InChI=1S/C9H20NO2P/c1-13(2,11)9-3-4-10-5-7-12-8-6-10/h3-9H2,1-2H3. The van der Waals surface area contributed by atoms with Crippen LogP contribution in [0.5, 0.6) is 0 Å². The van der Waals surface area contributed by atoms with E-state index >= 15 is 0 Å². The van der Waals surface area contributed by atoms with E-state index in [-0.39, 0.29) is 0 Å². The minimum atomic E-state index is -1.79. The zero-order valence-corrected chi connectivity index (χ0v) is 9.56. The first kappa shape index (κ1) is 11.2. The molecule has 0 atom stereocenters. The van der Waals surface area contributed by atoms with Crippen molar-refractivity contribution >= 4 is 7.14 Å². The third kappa shape index (κ3) is 5.45. The molecule has 1 heterocycles. The summed E-state index contributed by atoms with van der Waals surface area (Å²) >= 11 is 0. The fraction of sp³-hybridized carbons (Fsp3) is 1.00. The third-order valence-corrected chi connectivity index (χ3v) is 3.67. The summed E-state index contributed by atoms with van der Waals surface area (Å²) < 4.78 is 16.7. The Labute approximate surface area is 80.8 Å². The largest absolute Gasteiger partial charge is 0.379 e. The molecule has 0 radical (unpaired) electrons. The lowest BCUT2D eigenvalue weighted by molar-refractivity contribution is 0.0381. The zero-order valence-electron chi connectivity index (χ0n) is 8.66. The van der Waals surface area contributed by atoms with E-state index in [0.29, 0.717) is 0 Å². The first-order chi connectivity index (χ1) is 6.08. The van der Waals surface area contributed by atoms with E-state index in [1.807, 2.05) is 13.3 Å². The monoisotopic (exact) mass is 205 g/mol. The second-order valence-electron chi connectivity index (χ2n) is 4.11. The van der Waals surface area contributed by atoms with Gasteiger partial charge in [-0.05, 0) is 26.3 Å². The predicted molar refractivity (Wildman–Crippen MR) is 56.2 cm³/mol. The topological polar surface area (TPSA) is 29.5 Å². The molecule has 0 aromatic carbocycles. The van der Waals surface area contributed by atoms with Crippen LogP contribution in [0.2, 0.25) is 0 Å². The fourth-order valence-electron chi connectivity index (χ4n) is 1.50. The maximum atomic E-state index is 11.4. The molecule has 0 saturated carbocycles. The van der Waals surface area contributed by atoms with Crippen LogP contribution in [-0.2, 0) is 9.30 Å². The lowest BCUT2D eigenvalue weighted by atomic mass is 10.4. The van der Waals surface area contributed by atoms with E-state index in [9.17, 15) is 4.57 Å². The van der Waals surface area contributed by atoms with E-state index in [0.717, 1.165) is 45.4 Å². The molecule has 1 aliphatic heterocycles. The van der Waals surface area contributed by atoms with Crippen molar-refractivity contribution in [2.24, 2.45) is 0 Å². The molecule has 1 rings (SSSR count). The number of hydrogen-bond donors (Lipinski definition) is 0. The smallest absolute Gasteiger partial charge is 0.0819 e. The average molecular weight is 205 g/mol. The molecule has 0 aromatic heterocycles. The highest BCUT2D eigenvalue weighted by Crippen LogP contribution is 2.36. The molecule has 4 heteroatoms. The summed E-state index contributed by atoms with van der Waals surface area (Å²) in [6.45, 7) is 8.61. The van der Waals surface area contributed by atoms with Gasteiger partial charge in [-0.1, -0.05) is 0 Å². The summed E-state index contributed by atoms with van der Waals surface area (Å²) in [7, 11) is -1.79. The third-order valence-electron chi connectivity index (χ3n) is 2.27. The van der Waals surface area contributed by atoms with Crippen LogP contribution in [0.25, 0.3) is 0 Å². The number of nitrogens with zero attached hydrogens (tertiary/aromatic N) is 1. The average Bonchev–Trinajstić information content (AvgIpc) is 2.04. The minimum absolute atomic E-state index is 0.857. The van der Waals surface area contributed by atoms with Crippen molar-refractivity contribution in [2.75, 3.05) is 52.3 Å². The van der Waals surface area contributed by atoms with Crippen LogP contribution >= 0.6 is 7.14 Å². The normalized spacial score (nSPS) is 20.5. The molecule has 1 fully saturated rings. The van der Waals surface area contributed by atoms with Crippen molar-refractivity contribution in [1.82, 2.24) is 4.90 Å². The van der Waals surface area contributed by atoms with Gasteiger partial charge >= 0.3 is 0 Å². The quantitative estimate of drug-likeness (QED) is 0.648. The van der Waals surface area contributed by atoms with Gasteiger partial charge in [-0.3, -0.25) is 4.90 Å². The molecule has 1 aliphatic rings. The number of hydrogen-bond acceptors (Lipinski definition) is 3. The predicted octanol–water partition coefficient (Wildman–Crippen LogP) is 1.33. The summed E-state index contributed by atoms with van der Waals surface area (Å²) in [4.78, 5) is 2.39. The summed E-state index contributed by atoms with van der Waals surface area (Å²) in [5.74, 6) is 0. The van der Waals surface area contributed by atoms with Gasteiger partial charge in [-0.25, -0.2) is 0 Å². The van der Waals surface area contributed by atoms with E-state index in [1.165, 1.54) is 0 Å². The molecule has 78 valence electrons. The number of rotatable bonds is 4. The van der Waals surface area contributed by atoms with Crippen molar-refractivity contribution in [2.45, 2.75) is 6.42 Å². The van der Waals surface area contributed by atoms with Gasteiger partial charge in [-0.15, -0.1) is 0 Å². The lowest BCUT2D eigenvalue weighted by Crippen LogP contribution is -2.37. The van der Waals surface area contributed by atoms with Crippen molar-refractivity contribution < 1.29 is 9.30 Å². The molecule has 0 unspecified atom stereocenters. The molecular weight excluding hydrogens is 185 g/mol. The van der Waals surface area contributed by atoms with Gasteiger partial charge in [0.05, 0.1) is 20.4 Å². The SMILES string of the molecule is CP(C)(=O)CCCN1CCOCC1. The lowest BCUT2D eigenvalue weighted by Gasteiger charge is -2.26. The second kappa shape index (κ2) is 5.14. The second-order valence-corrected chi connectivity index (χ2v) is 7.70. The molecule has 0 amide bonds. The molecule has 0 N–H and O–H groups in total. The van der Waals surface area contributed by atoms with Crippen LogP contribution in [0.1, 0.15) is 6.42 Å². The Balaban J connectivity index is 2.08. The summed E-state index contributed by atoms with van der Waals surface area (Å²) in [5.41, 5.74) is 0. The maximum Gasteiger partial charge on any atom is 0.0819 e. The Morgan fingerprint density at radius 1 is 1.31 bits per heavy atom. The van der Waals surface area contributed by atoms with Crippen LogP contribution in [0.15, 0.2) is 0 Å². The van der Waals surface area contributed by atoms with Crippen molar-refractivity contribution in [1.29, 1.82) is 0 Å². The Morgan fingerprint density at radius 3 is 2.46 bits per heavy atom. The van der Waals surface area contributed by atoms with Crippen LogP contribution in [0, 0.1) is 0 Å². The number of morpholine rings is 1. The van der Waals surface area contributed by atoms with E-state index in [2.05, 4.69) is 4.90 Å². The Kier molecular flexibility index (Phi) is 4.43.